The Bertz CT molecular complexity index is 144. The van der Waals surface area contributed by atoms with Gasteiger partial charge in [0.2, 0.25) is 0 Å². The van der Waals surface area contributed by atoms with E-state index in [0.29, 0.717) is 6.10 Å². The molecule has 1 fully saturated rings. The third-order valence-corrected chi connectivity index (χ3v) is 3.33. The molecule has 0 spiro atoms. The molecule has 0 aliphatic heterocycles. The molecule has 0 aromatic rings. The van der Waals surface area contributed by atoms with E-state index in [1.54, 1.807) is 0 Å². The molecule has 0 amide bonds. The van der Waals surface area contributed by atoms with Crippen LogP contribution in [0.2, 0.25) is 0 Å². The smallest absolute Gasteiger partial charge is 0.0575 e. The predicted octanol–water partition coefficient (Wildman–Crippen LogP) is 3.51. The fraction of sp³-hybridized carbons (Fsp3) is 1.00. The van der Waals surface area contributed by atoms with Crippen molar-refractivity contribution in [1.82, 2.24) is 5.32 Å². The van der Waals surface area contributed by atoms with Crippen LogP contribution in [0.15, 0.2) is 0 Å². The van der Waals surface area contributed by atoms with Crippen LogP contribution >= 0.6 is 0 Å². The van der Waals surface area contributed by atoms with Gasteiger partial charge in [-0.25, -0.2) is 0 Å². The minimum absolute atomic E-state index is 0.590. The van der Waals surface area contributed by atoms with Crippen LogP contribution in [0.25, 0.3) is 0 Å². The van der Waals surface area contributed by atoms with Crippen LogP contribution in [0.5, 0.6) is 0 Å². The molecule has 0 aromatic heterocycles. The third-order valence-electron chi connectivity index (χ3n) is 3.33. The molecule has 2 heteroatoms. The summed E-state index contributed by atoms with van der Waals surface area (Å²) in [4.78, 5) is 0. The first kappa shape index (κ1) is 14.0. The second kappa shape index (κ2) is 10.1. The molecule has 1 rings (SSSR count). The molecule has 0 bridgehead atoms. The average molecular weight is 227 g/mol. The highest BCUT2D eigenvalue weighted by atomic mass is 16.5. The molecular weight excluding hydrogens is 198 g/mol. The maximum Gasteiger partial charge on any atom is 0.0575 e. The van der Waals surface area contributed by atoms with Crippen LogP contribution < -0.4 is 5.32 Å². The Hall–Kier alpha value is -0.0800. The van der Waals surface area contributed by atoms with Crippen molar-refractivity contribution in [1.29, 1.82) is 0 Å². The maximum absolute atomic E-state index is 5.89. The van der Waals surface area contributed by atoms with Crippen molar-refractivity contribution >= 4 is 0 Å². The van der Waals surface area contributed by atoms with Crippen molar-refractivity contribution < 1.29 is 4.74 Å². The van der Waals surface area contributed by atoms with Crippen LogP contribution in [0.1, 0.15) is 64.7 Å². The average Bonchev–Trinajstić information content (AvgIpc) is 2.34. The van der Waals surface area contributed by atoms with Crippen molar-refractivity contribution in [3.05, 3.63) is 0 Å². The quantitative estimate of drug-likeness (QED) is 0.609. The van der Waals surface area contributed by atoms with E-state index >= 15 is 0 Å². The van der Waals surface area contributed by atoms with Gasteiger partial charge in [0.05, 0.1) is 6.10 Å². The summed E-state index contributed by atoms with van der Waals surface area (Å²) in [6.07, 6.45) is 12.5. The monoisotopic (exact) mass is 227 g/mol. The van der Waals surface area contributed by atoms with Gasteiger partial charge >= 0.3 is 0 Å². The lowest BCUT2D eigenvalue weighted by atomic mass is 9.98. The van der Waals surface area contributed by atoms with E-state index in [-0.39, 0.29) is 0 Å². The molecular formula is C14H29NO. The van der Waals surface area contributed by atoms with Crippen LogP contribution in [0, 0.1) is 0 Å². The highest BCUT2D eigenvalue weighted by Gasteiger charge is 2.12. The van der Waals surface area contributed by atoms with Gasteiger partial charge in [-0.3, -0.25) is 0 Å². The Morgan fingerprint density at radius 1 is 1.00 bits per heavy atom. The summed E-state index contributed by atoms with van der Waals surface area (Å²) in [5.41, 5.74) is 0. The number of ether oxygens (including phenoxy) is 1. The van der Waals surface area contributed by atoms with Crippen LogP contribution in [-0.4, -0.2) is 25.8 Å². The molecule has 0 radical (unpaired) electrons. The molecule has 0 atom stereocenters. The fourth-order valence-corrected chi connectivity index (χ4v) is 2.31. The summed E-state index contributed by atoms with van der Waals surface area (Å²) in [5, 5.41) is 3.43. The largest absolute Gasteiger partial charge is 0.378 e. The van der Waals surface area contributed by atoms with Crippen molar-refractivity contribution in [3.63, 3.8) is 0 Å². The zero-order valence-electron chi connectivity index (χ0n) is 11.0. The van der Waals surface area contributed by atoms with E-state index in [1.807, 2.05) is 0 Å². The zero-order valence-corrected chi connectivity index (χ0v) is 11.0. The van der Waals surface area contributed by atoms with E-state index in [9.17, 15) is 0 Å². The summed E-state index contributed by atoms with van der Waals surface area (Å²) in [7, 11) is 0. The number of hydrogen-bond donors (Lipinski definition) is 1. The zero-order chi connectivity index (χ0) is 11.5. The minimum Gasteiger partial charge on any atom is -0.378 e. The standard InChI is InChI=1S/C14H29NO/c1-2-11-15-12-7-4-8-13-16-14-9-5-3-6-10-14/h14-15H,2-13H2,1H3. The van der Waals surface area contributed by atoms with Gasteiger partial charge in [-0.1, -0.05) is 26.2 Å². The first-order valence-corrected chi connectivity index (χ1v) is 7.26. The predicted molar refractivity (Wildman–Crippen MR) is 69.8 cm³/mol. The van der Waals surface area contributed by atoms with E-state index in [1.165, 1.54) is 70.9 Å². The Balaban J connectivity index is 1.77. The lowest BCUT2D eigenvalue weighted by molar-refractivity contribution is 0.0263. The lowest BCUT2D eigenvalue weighted by Crippen LogP contribution is -2.18. The molecule has 1 aliphatic rings. The Morgan fingerprint density at radius 2 is 1.81 bits per heavy atom. The second-order valence-corrected chi connectivity index (χ2v) is 4.94. The lowest BCUT2D eigenvalue weighted by Gasteiger charge is -2.21. The Kier molecular flexibility index (Phi) is 8.83. The number of rotatable bonds is 9. The van der Waals surface area contributed by atoms with Crippen molar-refractivity contribution in [2.24, 2.45) is 0 Å². The first-order chi connectivity index (χ1) is 7.93. The van der Waals surface area contributed by atoms with Gasteiger partial charge in [-0.05, 0) is 51.6 Å². The molecule has 0 saturated heterocycles. The number of unbranched alkanes of at least 4 members (excludes halogenated alkanes) is 2. The third kappa shape index (κ3) is 7.24. The van der Waals surface area contributed by atoms with Gasteiger partial charge in [0, 0.05) is 6.61 Å². The van der Waals surface area contributed by atoms with Gasteiger partial charge in [0.25, 0.3) is 0 Å². The first-order valence-electron chi connectivity index (χ1n) is 7.26. The molecule has 96 valence electrons. The topological polar surface area (TPSA) is 21.3 Å². The maximum atomic E-state index is 5.89. The number of hydrogen-bond acceptors (Lipinski definition) is 2. The summed E-state index contributed by atoms with van der Waals surface area (Å²) in [6, 6.07) is 0. The van der Waals surface area contributed by atoms with Crippen molar-refractivity contribution in [2.75, 3.05) is 19.7 Å². The van der Waals surface area contributed by atoms with Crippen molar-refractivity contribution in [2.45, 2.75) is 70.8 Å². The van der Waals surface area contributed by atoms with Gasteiger partial charge in [-0.15, -0.1) is 0 Å². The highest BCUT2D eigenvalue weighted by molar-refractivity contribution is 4.64. The summed E-state index contributed by atoms with van der Waals surface area (Å²) in [5.74, 6) is 0. The molecule has 0 aromatic carbocycles. The normalized spacial score (nSPS) is 17.8. The number of nitrogens with one attached hydrogen (secondary N) is 1. The highest BCUT2D eigenvalue weighted by Crippen LogP contribution is 2.20. The molecule has 1 N–H and O–H groups in total. The van der Waals surface area contributed by atoms with Gasteiger partial charge < -0.3 is 10.1 Å². The van der Waals surface area contributed by atoms with E-state index in [2.05, 4.69) is 12.2 Å². The van der Waals surface area contributed by atoms with Crippen LogP contribution in [-0.2, 0) is 4.74 Å². The minimum atomic E-state index is 0.590. The SMILES string of the molecule is CCCNCCCCCOC1CCCCC1. The van der Waals surface area contributed by atoms with Crippen molar-refractivity contribution in [3.8, 4) is 0 Å². The Morgan fingerprint density at radius 3 is 2.56 bits per heavy atom. The van der Waals surface area contributed by atoms with E-state index in [4.69, 9.17) is 4.74 Å². The second-order valence-electron chi connectivity index (χ2n) is 4.94. The van der Waals surface area contributed by atoms with Crippen LogP contribution in [0.4, 0.5) is 0 Å². The molecule has 2 nitrogen and oxygen atoms in total. The molecule has 0 heterocycles. The summed E-state index contributed by atoms with van der Waals surface area (Å²) in [6.45, 7) is 5.54. The molecule has 16 heavy (non-hydrogen) atoms. The van der Waals surface area contributed by atoms with Gasteiger partial charge in [0.15, 0.2) is 0 Å². The van der Waals surface area contributed by atoms with Gasteiger partial charge in [-0.2, -0.15) is 0 Å². The van der Waals surface area contributed by atoms with E-state index in [0.717, 1.165) is 6.61 Å². The van der Waals surface area contributed by atoms with Crippen LogP contribution in [0.3, 0.4) is 0 Å². The Labute approximate surface area is 101 Å². The van der Waals surface area contributed by atoms with E-state index < -0.39 is 0 Å². The summed E-state index contributed by atoms with van der Waals surface area (Å²) >= 11 is 0. The summed E-state index contributed by atoms with van der Waals surface area (Å²) < 4.78 is 5.89. The molecule has 1 aliphatic carbocycles. The molecule has 0 unspecified atom stereocenters. The molecule has 1 saturated carbocycles. The fourth-order valence-electron chi connectivity index (χ4n) is 2.31. The van der Waals surface area contributed by atoms with Gasteiger partial charge in [0.1, 0.15) is 0 Å².